The fraction of sp³-hybridized carbons (Fsp3) is 0.500. The van der Waals surface area contributed by atoms with Crippen LogP contribution in [0.4, 0.5) is 4.39 Å². The lowest BCUT2D eigenvalue weighted by Gasteiger charge is -2.20. The van der Waals surface area contributed by atoms with Gasteiger partial charge in [0, 0.05) is 6.20 Å². The van der Waals surface area contributed by atoms with Crippen molar-refractivity contribution in [3.05, 3.63) is 26.9 Å². The van der Waals surface area contributed by atoms with Crippen molar-refractivity contribution in [1.29, 1.82) is 0 Å². The van der Waals surface area contributed by atoms with Gasteiger partial charge in [0.2, 0.25) is 0 Å². The molecule has 1 aromatic rings. The Balaban J connectivity index is 2.67. The Morgan fingerprint density at radius 3 is 2.90 bits per heavy atom. The molecule has 0 radical (unpaired) electrons. The van der Waals surface area contributed by atoms with Crippen LogP contribution in [0.25, 0.3) is 0 Å². The number of halogens is 1. The second kappa shape index (κ2) is 5.14. The Kier molecular flexibility index (Phi) is 2.89. The molecule has 1 aliphatic heterocycles. The molecule has 20 heavy (non-hydrogen) atoms. The van der Waals surface area contributed by atoms with E-state index in [9.17, 15) is 24.2 Å². The van der Waals surface area contributed by atoms with Gasteiger partial charge in [-0.15, -0.1) is 0 Å². The average Bonchev–Trinajstić information content (AvgIpc) is 2.61. The summed E-state index contributed by atoms with van der Waals surface area (Å²) in [4.78, 5) is 24.7. The summed E-state index contributed by atoms with van der Waals surface area (Å²) in [7, 11) is 0. The number of ether oxygens (including phenoxy) is 1. The quantitative estimate of drug-likeness (QED) is 0.401. The second-order valence-corrected chi connectivity index (χ2v) is 4.33. The van der Waals surface area contributed by atoms with Crippen LogP contribution in [0.2, 0.25) is 0 Å². The van der Waals surface area contributed by atoms with Crippen molar-refractivity contribution in [1.82, 2.24) is 9.55 Å². The molecule has 0 aromatic carbocycles. The molecule has 1 saturated heterocycles. The smallest absolute Gasteiger partial charge is 0.328 e. The Bertz CT molecular complexity index is 766. The monoisotopic (exact) mass is 309 g/mol. The number of aliphatic hydroxyl groups excluding tert-OH is 2. The maximum atomic E-state index is 14.4. The highest BCUT2D eigenvalue weighted by Crippen LogP contribution is 2.37. The van der Waals surface area contributed by atoms with E-state index in [2.05, 4.69) is 17.0 Å². The third-order valence-electron chi connectivity index (χ3n) is 2.67. The fourth-order valence-electron chi connectivity index (χ4n) is 1.63. The number of aldehydes is 1. The molecule has 8 nitrogen and oxygen atoms in total. The molecule has 0 unspecified atom stereocenters. The van der Waals surface area contributed by atoms with E-state index >= 15 is 0 Å². The number of H-pyrrole nitrogens is 1. The van der Waals surface area contributed by atoms with Crippen LogP contribution in [0.3, 0.4) is 0 Å². The van der Waals surface area contributed by atoms with Crippen molar-refractivity contribution < 1.29 is 33.4 Å². The Morgan fingerprint density at radius 1 is 1.75 bits per heavy atom. The minimum atomic E-state index is -3.90. The molecule has 0 amide bonds. The summed E-state index contributed by atoms with van der Waals surface area (Å²) in [5, 5.41) is 28.7. The molecular weight excluding hydrogens is 295 g/mol. The maximum absolute atomic E-state index is 14.4. The van der Waals surface area contributed by atoms with E-state index in [4.69, 9.17) is 9.22 Å². The van der Waals surface area contributed by atoms with Gasteiger partial charge in [0.25, 0.3) is 5.85 Å². The summed E-state index contributed by atoms with van der Waals surface area (Å²) in [6.07, 6.45) is -7.36. The molecule has 0 bridgehead atoms. The standard InChI is InChI=1S/C10H11FN2O6S/c11-10(3-15)6(17)5(16)8(19-10)13-1-4(2-14)7(20)12-9(13)18/h1-2,5-6,8,15-17H,3H2,(H,12,18,20)/t5-,6+,8-,10-/m1/s1/i3D2,8D. The van der Waals surface area contributed by atoms with Crippen molar-refractivity contribution in [2.45, 2.75) is 24.3 Å². The third-order valence-corrected chi connectivity index (χ3v) is 3.01. The van der Waals surface area contributed by atoms with Gasteiger partial charge in [-0.05, 0) is 0 Å². The minimum Gasteiger partial charge on any atom is -0.390 e. The van der Waals surface area contributed by atoms with E-state index in [1.165, 1.54) is 0 Å². The van der Waals surface area contributed by atoms with Crippen LogP contribution in [0, 0.1) is 4.64 Å². The molecule has 2 rings (SSSR count). The number of nitrogens with one attached hydrogen (secondary N) is 1. The van der Waals surface area contributed by atoms with Gasteiger partial charge in [0.15, 0.2) is 12.5 Å². The molecule has 0 aliphatic carbocycles. The zero-order chi connectivity index (χ0) is 17.8. The number of carbonyl (C=O) groups excluding carboxylic acids is 1. The van der Waals surface area contributed by atoms with E-state index in [0.29, 0.717) is 6.20 Å². The molecule has 110 valence electrons. The molecule has 10 heteroatoms. The van der Waals surface area contributed by atoms with Crippen LogP contribution >= 0.6 is 12.2 Å². The van der Waals surface area contributed by atoms with Gasteiger partial charge in [0.05, 0.1) is 9.68 Å². The predicted octanol–water partition coefficient (Wildman–Crippen LogP) is -1.37. The average molecular weight is 309 g/mol. The van der Waals surface area contributed by atoms with Gasteiger partial charge in [-0.25, -0.2) is 9.18 Å². The lowest BCUT2D eigenvalue weighted by atomic mass is 10.1. The van der Waals surface area contributed by atoms with Gasteiger partial charge in [-0.2, -0.15) is 0 Å². The van der Waals surface area contributed by atoms with E-state index in [1.54, 1.807) is 0 Å². The number of rotatable bonds is 3. The summed E-state index contributed by atoms with van der Waals surface area (Å²) in [5.74, 6) is -3.90. The SMILES string of the molecule is [2H]C([2H])(O)[C@@]1(F)O[C@@]([2H])(n2cc(C=O)c(=S)[nH]c2=O)[C@H](O)[C@@H]1O. The van der Waals surface area contributed by atoms with Gasteiger partial charge in [-0.3, -0.25) is 14.3 Å². The first-order valence-electron chi connectivity index (χ1n) is 6.67. The van der Waals surface area contributed by atoms with Crippen LogP contribution in [0.1, 0.15) is 20.7 Å². The molecule has 1 aliphatic rings. The fourth-order valence-corrected chi connectivity index (χ4v) is 1.81. The van der Waals surface area contributed by atoms with Crippen LogP contribution < -0.4 is 5.69 Å². The zero-order valence-electron chi connectivity index (χ0n) is 12.6. The van der Waals surface area contributed by atoms with Crippen LogP contribution in [-0.2, 0) is 4.74 Å². The van der Waals surface area contributed by atoms with Gasteiger partial charge in [-0.1, -0.05) is 12.2 Å². The van der Waals surface area contributed by atoms with Gasteiger partial charge >= 0.3 is 5.69 Å². The zero-order valence-corrected chi connectivity index (χ0v) is 10.4. The van der Waals surface area contributed by atoms with Crippen molar-refractivity contribution in [3.8, 4) is 0 Å². The summed E-state index contributed by atoms with van der Waals surface area (Å²) in [5.41, 5.74) is -1.50. The highest BCUT2D eigenvalue weighted by molar-refractivity contribution is 7.71. The number of hydrogen-bond donors (Lipinski definition) is 4. The van der Waals surface area contributed by atoms with Crippen molar-refractivity contribution >= 4 is 18.5 Å². The lowest BCUT2D eigenvalue weighted by molar-refractivity contribution is -0.207. The third kappa shape index (κ3) is 2.21. The Hall–Kier alpha value is -1.46. The number of carbonyl (C=O) groups is 1. The number of aliphatic hydroxyl groups is 3. The summed E-state index contributed by atoms with van der Waals surface area (Å²) < 4.78 is 40.6. The summed E-state index contributed by atoms with van der Waals surface area (Å²) in [6, 6.07) is 0. The van der Waals surface area contributed by atoms with E-state index in [-0.39, 0.29) is 21.1 Å². The number of aromatic nitrogens is 2. The maximum Gasteiger partial charge on any atom is 0.328 e. The molecule has 4 N–H and O–H groups in total. The van der Waals surface area contributed by atoms with Crippen LogP contribution in [-0.4, -0.2) is 55.8 Å². The lowest BCUT2D eigenvalue weighted by Crippen LogP contribution is -2.42. The first-order valence-corrected chi connectivity index (χ1v) is 5.58. The molecule has 2 heterocycles. The van der Waals surface area contributed by atoms with Crippen LogP contribution in [0.15, 0.2) is 11.0 Å². The van der Waals surface area contributed by atoms with E-state index in [0.717, 1.165) is 0 Å². The normalized spacial score (nSPS) is 39.9. The molecule has 1 fully saturated rings. The highest BCUT2D eigenvalue weighted by atomic mass is 32.1. The van der Waals surface area contributed by atoms with Crippen molar-refractivity contribution in [3.63, 3.8) is 0 Å². The van der Waals surface area contributed by atoms with Gasteiger partial charge in [0.1, 0.15) is 23.4 Å². The van der Waals surface area contributed by atoms with Crippen LogP contribution in [0.5, 0.6) is 0 Å². The van der Waals surface area contributed by atoms with Crippen molar-refractivity contribution in [2.75, 3.05) is 6.56 Å². The second-order valence-electron chi connectivity index (χ2n) is 3.92. The topological polar surface area (TPSA) is 125 Å². The number of alkyl halides is 1. The van der Waals surface area contributed by atoms with Crippen molar-refractivity contribution in [2.24, 2.45) is 0 Å². The first-order chi connectivity index (χ1) is 10.4. The summed E-state index contributed by atoms with van der Waals surface area (Å²) >= 11 is 4.68. The summed E-state index contributed by atoms with van der Waals surface area (Å²) in [6.45, 7) is -3.80. The number of hydrogen-bond acceptors (Lipinski definition) is 7. The molecular formula is C10H11FN2O6S. The van der Waals surface area contributed by atoms with E-state index < -0.39 is 36.5 Å². The van der Waals surface area contributed by atoms with Gasteiger partial charge < -0.3 is 20.1 Å². The molecule has 0 saturated carbocycles. The first kappa shape index (κ1) is 11.2. The predicted molar refractivity (Wildman–Crippen MR) is 64.3 cm³/mol. The minimum absolute atomic E-state index is 0.212. The Labute approximate surface area is 120 Å². The van der Waals surface area contributed by atoms with E-state index in [1.807, 2.05) is 4.98 Å². The number of aromatic amines is 1. The molecule has 0 spiro atoms. The Morgan fingerprint density at radius 2 is 2.40 bits per heavy atom. The molecule has 1 aromatic heterocycles. The molecule has 4 atom stereocenters. The number of nitrogens with zero attached hydrogens (tertiary/aromatic N) is 1. The highest BCUT2D eigenvalue weighted by Gasteiger charge is 2.55. The largest absolute Gasteiger partial charge is 0.390 e.